The van der Waals surface area contributed by atoms with Crippen LogP contribution in [0.2, 0.25) is 0 Å². The van der Waals surface area contributed by atoms with Crippen LogP contribution in [0, 0.1) is 12.7 Å². The normalized spacial score (nSPS) is 18.8. The summed E-state index contributed by atoms with van der Waals surface area (Å²) in [4.78, 5) is 0. The number of benzene rings is 1. The van der Waals surface area contributed by atoms with Crippen molar-refractivity contribution in [3.05, 3.63) is 33.5 Å². The maximum atomic E-state index is 13.6. The first-order valence-corrected chi connectivity index (χ1v) is 5.01. The lowest BCUT2D eigenvalue weighted by atomic mass is 10.0. The third-order valence-electron chi connectivity index (χ3n) is 2.49. The summed E-state index contributed by atoms with van der Waals surface area (Å²) in [5, 5.41) is 9.83. The molecule has 13 heavy (non-hydrogen) atoms. The van der Waals surface area contributed by atoms with Crippen LogP contribution in [0.1, 0.15) is 24.0 Å². The zero-order valence-corrected chi connectivity index (χ0v) is 8.86. The first-order chi connectivity index (χ1) is 6.04. The Morgan fingerprint density at radius 2 is 2.08 bits per heavy atom. The van der Waals surface area contributed by atoms with E-state index in [1.165, 1.54) is 0 Å². The van der Waals surface area contributed by atoms with E-state index in [0.29, 0.717) is 22.9 Å². The van der Waals surface area contributed by atoms with Crippen LogP contribution in [0.4, 0.5) is 4.39 Å². The maximum absolute atomic E-state index is 13.6. The molecule has 0 aliphatic heterocycles. The smallest absolute Gasteiger partial charge is 0.143 e. The van der Waals surface area contributed by atoms with Crippen LogP contribution in [0.3, 0.4) is 0 Å². The van der Waals surface area contributed by atoms with Gasteiger partial charge in [0.1, 0.15) is 5.82 Å². The Hall–Kier alpha value is -0.410. The number of aliphatic hydroxyl groups is 1. The fraction of sp³-hybridized carbons (Fsp3) is 0.400. The highest BCUT2D eigenvalue weighted by atomic mass is 79.9. The molecule has 3 heteroatoms. The molecule has 0 saturated heterocycles. The zero-order valence-electron chi connectivity index (χ0n) is 7.27. The molecule has 1 aromatic carbocycles. The SMILES string of the molecule is Cc1ccc(Br)c(F)c1C1(O)CC1. The predicted molar refractivity (Wildman–Crippen MR) is 52.0 cm³/mol. The number of hydrogen-bond acceptors (Lipinski definition) is 1. The molecule has 70 valence electrons. The standard InChI is InChI=1S/C10H10BrFO/c1-6-2-3-7(11)9(12)8(6)10(13)4-5-10/h2-3,13H,4-5H2,1H3. The Morgan fingerprint density at radius 1 is 1.46 bits per heavy atom. The van der Waals surface area contributed by atoms with Gasteiger partial charge in [0, 0.05) is 5.56 Å². The van der Waals surface area contributed by atoms with Gasteiger partial charge in [0.05, 0.1) is 10.1 Å². The van der Waals surface area contributed by atoms with Crippen molar-refractivity contribution in [1.82, 2.24) is 0 Å². The molecule has 0 aromatic heterocycles. The molecule has 0 radical (unpaired) electrons. The Kier molecular flexibility index (Phi) is 1.96. The number of rotatable bonds is 1. The van der Waals surface area contributed by atoms with Crippen LogP contribution in [0.25, 0.3) is 0 Å². The molecule has 1 aromatic rings. The molecule has 0 heterocycles. The molecule has 1 aliphatic rings. The van der Waals surface area contributed by atoms with Crippen LogP contribution < -0.4 is 0 Å². The van der Waals surface area contributed by atoms with Gasteiger partial charge in [-0.15, -0.1) is 0 Å². The molecule has 0 bridgehead atoms. The van der Waals surface area contributed by atoms with Crippen LogP contribution >= 0.6 is 15.9 Å². The second-order valence-electron chi connectivity index (χ2n) is 3.58. The lowest BCUT2D eigenvalue weighted by Crippen LogP contribution is -2.10. The van der Waals surface area contributed by atoms with Crippen molar-refractivity contribution in [2.45, 2.75) is 25.4 Å². The van der Waals surface area contributed by atoms with E-state index in [4.69, 9.17) is 0 Å². The Labute approximate surface area is 84.7 Å². The van der Waals surface area contributed by atoms with Gasteiger partial charge in [0.2, 0.25) is 0 Å². The van der Waals surface area contributed by atoms with Crippen molar-refractivity contribution in [2.24, 2.45) is 0 Å². The van der Waals surface area contributed by atoms with Crippen LogP contribution in [0.5, 0.6) is 0 Å². The molecular weight excluding hydrogens is 235 g/mol. The van der Waals surface area contributed by atoms with Gasteiger partial charge in [-0.3, -0.25) is 0 Å². The minimum absolute atomic E-state index is 0.319. The van der Waals surface area contributed by atoms with Crippen LogP contribution in [-0.2, 0) is 5.60 Å². The minimum Gasteiger partial charge on any atom is -0.385 e. The Balaban J connectivity index is 2.61. The van der Waals surface area contributed by atoms with E-state index in [9.17, 15) is 9.50 Å². The monoisotopic (exact) mass is 244 g/mol. The maximum Gasteiger partial charge on any atom is 0.143 e. The fourth-order valence-electron chi connectivity index (χ4n) is 1.59. The first-order valence-electron chi connectivity index (χ1n) is 4.22. The van der Waals surface area contributed by atoms with E-state index in [1.807, 2.05) is 13.0 Å². The van der Waals surface area contributed by atoms with Crippen molar-refractivity contribution in [3.8, 4) is 0 Å². The molecule has 0 spiro atoms. The Morgan fingerprint density at radius 3 is 2.62 bits per heavy atom. The van der Waals surface area contributed by atoms with Gasteiger partial charge >= 0.3 is 0 Å². The molecule has 1 saturated carbocycles. The summed E-state index contributed by atoms with van der Waals surface area (Å²) in [5.74, 6) is -0.319. The highest BCUT2D eigenvalue weighted by molar-refractivity contribution is 9.10. The van der Waals surface area contributed by atoms with Crippen LogP contribution in [-0.4, -0.2) is 5.11 Å². The zero-order chi connectivity index (χ0) is 9.64. The van der Waals surface area contributed by atoms with Gasteiger partial charge in [-0.1, -0.05) is 6.07 Å². The van der Waals surface area contributed by atoms with Crippen molar-refractivity contribution < 1.29 is 9.50 Å². The largest absolute Gasteiger partial charge is 0.385 e. The first kappa shape index (κ1) is 9.16. The molecular formula is C10H10BrFO. The second kappa shape index (κ2) is 2.79. The summed E-state index contributed by atoms with van der Waals surface area (Å²) in [6.07, 6.45) is 1.34. The number of hydrogen-bond donors (Lipinski definition) is 1. The molecule has 0 unspecified atom stereocenters. The summed E-state index contributed by atoms with van der Waals surface area (Å²) < 4.78 is 14.0. The van der Waals surface area contributed by atoms with Crippen LogP contribution in [0.15, 0.2) is 16.6 Å². The van der Waals surface area contributed by atoms with Crippen molar-refractivity contribution in [1.29, 1.82) is 0 Å². The van der Waals surface area contributed by atoms with E-state index in [0.717, 1.165) is 5.56 Å². The summed E-state index contributed by atoms with van der Waals surface area (Å²) in [5.41, 5.74) is 0.389. The number of aryl methyl sites for hydroxylation is 1. The lowest BCUT2D eigenvalue weighted by molar-refractivity contribution is 0.146. The van der Waals surface area contributed by atoms with Crippen molar-refractivity contribution >= 4 is 15.9 Å². The lowest BCUT2D eigenvalue weighted by Gasteiger charge is -2.13. The molecule has 1 aliphatic carbocycles. The van der Waals surface area contributed by atoms with Gasteiger partial charge < -0.3 is 5.11 Å². The Bertz CT molecular complexity index is 358. The fourth-order valence-corrected chi connectivity index (χ4v) is 1.92. The summed E-state index contributed by atoms with van der Waals surface area (Å²) in [7, 11) is 0. The highest BCUT2D eigenvalue weighted by Gasteiger charge is 2.45. The van der Waals surface area contributed by atoms with Crippen molar-refractivity contribution in [3.63, 3.8) is 0 Å². The average molecular weight is 245 g/mol. The number of halogens is 2. The summed E-state index contributed by atoms with van der Waals surface area (Å²) in [6, 6.07) is 3.48. The third kappa shape index (κ3) is 1.40. The van der Waals surface area contributed by atoms with Crippen molar-refractivity contribution in [2.75, 3.05) is 0 Å². The average Bonchev–Trinajstić information content (AvgIpc) is 2.78. The molecule has 0 amide bonds. The molecule has 1 N–H and O–H groups in total. The minimum atomic E-state index is -0.891. The highest BCUT2D eigenvalue weighted by Crippen LogP contribution is 2.48. The topological polar surface area (TPSA) is 20.2 Å². The third-order valence-corrected chi connectivity index (χ3v) is 3.10. The molecule has 0 atom stereocenters. The van der Waals surface area contributed by atoms with Gasteiger partial charge in [-0.05, 0) is 47.3 Å². The molecule has 1 fully saturated rings. The van der Waals surface area contributed by atoms with E-state index in [2.05, 4.69) is 15.9 Å². The predicted octanol–water partition coefficient (Wildman–Crippen LogP) is 2.88. The van der Waals surface area contributed by atoms with Gasteiger partial charge in [-0.25, -0.2) is 4.39 Å². The second-order valence-corrected chi connectivity index (χ2v) is 4.44. The van der Waals surface area contributed by atoms with Gasteiger partial charge in [-0.2, -0.15) is 0 Å². The van der Waals surface area contributed by atoms with E-state index in [-0.39, 0.29) is 5.82 Å². The van der Waals surface area contributed by atoms with E-state index >= 15 is 0 Å². The van der Waals surface area contributed by atoms with Gasteiger partial charge in [0.15, 0.2) is 0 Å². The van der Waals surface area contributed by atoms with Gasteiger partial charge in [0.25, 0.3) is 0 Å². The molecule has 2 rings (SSSR count). The van der Waals surface area contributed by atoms with E-state index < -0.39 is 5.60 Å². The summed E-state index contributed by atoms with van der Waals surface area (Å²) in [6.45, 7) is 1.82. The summed E-state index contributed by atoms with van der Waals surface area (Å²) >= 11 is 3.11. The van der Waals surface area contributed by atoms with E-state index in [1.54, 1.807) is 6.07 Å². The molecule has 1 nitrogen and oxygen atoms in total. The quantitative estimate of drug-likeness (QED) is 0.806.